The van der Waals surface area contributed by atoms with Crippen molar-refractivity contribution in [3.8, 4) is 11.8 Å². The van der Waals surface area contributed by atoms with Crippen molar-refractivity contribution in [2.24, 2.45) is 23.2 Å². The highest BCUT2D eigenvalue weighted by Crippen LogP contribution is 2.60. The minimum absolute atomic E-state index is 0.0330. The van der Waals surface area contributed by atoms with E-state index in [0.29, 0.717) is 34.8 Å². The Bertz CT molecular complexity index is 1410. The fraction of sp³-hybridized carbons (Fsp3) is 0.469. The molecule has 3 aromatic rings. The Balaban J connectivity index is 1.08. The Morgan fingerprint density at radius 1 is 0.976 bits per heavy atom. The quantitative estimate of drug-likeness (QED) is 0.247. The number of nitrogens with zero attached hydrogens (tertiary/aromatic N) is 3. The van der Waals surface area contributed by atoms with Gasteiger partial charge in [-0.15, -0.1) is 13.2 Å². The molecule has 4 saturated carbocycles. The van der Waals surface area contributed by atoms with Crippen molar-refractivity contribution >= 4 is 11.8 Å². The average Bonchev–Trinajstić information content (AvgIpc) is 2.96. The highest BCUT2D eigenvalue weighted by molar-refractivity contribution is 5.53. The molecule has 5 atom stereocenters. The number of nitrogens with one attached hydrogen (secondary N) is 3. The van der Waals surface area contributed by atoms with Crippen LogP contribution in [-0.2, 0) is 13.0 Å². The zero-order valence-corrected chi connectivity index (χ0v) is 23.3. The van der Waals surface area contributed by atoms with E-state index in [1.165, 1.54) is 43.2 Å². The molecule has 4 aliphatic rings. The maximum atomic E-state index is 12.8. The lowest BCUT2D eigenvalue weighted by atomic mass is 9.48. The van der Waals surface area contributed by atoms with Crippen LogP contribution >= 0.6 is 0 Å². The fourth-order valence-corrected chi connectivity index (χ4v) is 7.77. The molecule has 10 heteroatoms. The number of alkyl halides is 3. The van der Waals surface area contributed by atoms with E-state index in [1.807, 2.05) is 0 Å². The first kappa shape index (κ1) is 28.3. The molecule has 4 bridgehead atoms. The predicted molar refractivity (Wildman–Crippen MR) is 154 cm³/mol. The molecule has 2 aromatic carbocycles. The monoisotopic (exact) mass is 576 g/mol. The molecule has 42 heavy (non-hydrogen) atoms. The van der Waals surface area contributed by atoms with Gasteiger partial charge in [-0.25, -0.2) is 4.98 Å². The van der Waals surface area contributed by atoms with Gasteiger partial charge in [0.1, 0.15) is 23.2 Å². The van der Waals surface area contributed by atoms with Crippen molar-refractivity contribution in [1.82, 2.24) is 15.3 Å². The summed E-state index contributed by atoms with van der Waals surface area (Å²) < 4.78 is 42.6. The maximum absolute atomic E-state index is 12.8. The molecule has 220 valence electrons. The number of benzene rings is 2. The van der Waals surface area contributed by atoms with E-state index in [9.17, 15) is 18.4 Å². The lowest BCUT2D eigenvalue weighted by Crippen LogP contribution is -2.59. The van der Waals surface area contributed by atoms with Gasteiger partial charge in [0, 0.05) is 24.7 Å². The number of anilines is 2. The topological polar surface area (TPSA) is 94.9 Å². The van der Waals surface area contributed by atoms with Gasteiger partial charge in [0.05, 0.1) is 6.20 Å². The summed E-state index contributed by atoms with van der Waals surface area (Å²) in [5.41, 5.74) is 2.19. The van der Waals surface area contributed by atoms with Crippen molar-refractivity contribution < 1.29 is 17.9 Å². The second-order valence-electron chi connectivity index (χ2n) is 12.1. The summed E-state index contributed by atoms with van der Waals surface area (Å²) in [5, 5.41) is 20.1. The van der Waals surface area contributed by atoms with Crippen molar-refractivity contribution in [3.63, 3.8) is 0 Å². The van der Waals surface area contributed by atoms with E-state index >= 15 is 0 Å². The number of rotatable bonds is 11. The Hall–Kier alpha value is -3.84. The molecular formula is C32H35F3N6O. The van der Waals surface area contributed by atoms with Gasteiger partial charge in [-0.2, -0.15) is 10.2 Å². The van der Waals surface area contributed by atoms with Crippen LogP contribution in [-0.4, -0.2) is 35.5 Å². The molecule has 0 saturated heterocycles. The third-order valence-electron chi connectivity index (χ3n) is 9.21. The number of hydrogen-bond donors (Lipinski definition) is 3. The maximum Gasteiger partial charge on any atom is 0.573 e. The Morgan fingerprint density at radius 3 is 2.45 bits per heavy atom. The molecule has 1 aromatic heterocycles. The van der Waals surface area contributed by atoms with Crippen LogP contribution in [0.15, 0.2) is 60.8 Å². The van der Waals surface area contributed by atoms with Crippen molar-refractivity contribution in [3.05, 3.63) is 77.5 Å². The first-order valence-corrected chi connectivity index (χ1v) is 14.6. The second kappa shape index (κ2) is 11.8. The van der Waals surface area contributed by atoms with Gasteiger partial charge in [0.15, 0.2) is 0 Å². The zero-order valence-electron chi connectivity index (χ0n) is 23.3. The van der Waals surface area contributed by atoms with E-state index in [0.717, 1.165) is 38.3 Å². The minimum Gasteiger partial charge on any atom is -0.405 e. The standard InChI is InChI=1S/C32H35F3N6O/c33-32(34,35)42-27-9-5-4-8-23(27)18-38-30-39-19-26(17-36)29(41-30)40-20-31-14-22-12-24(15-31)28(25(13-22)16-31)37-11-10-21-6-2-1-3-7-21/h1-9,19,22,24-25,28,37H,10-16,18,20H2,(H2,38,39,40,41)/t22?,24-,25+,28-,31+. The number of hydrogen-bond acceptors (Lipinski definition) is 7. The van der Waals surface area contributed by atoms with Crippen molar-refractivity contribution in [2.75, 3.05) is 23.7 Å². The average molecular weight is 577 g/mol. The number of para-hydroxylation sites is 1. The molecule has 4 fully saturated rings. The van der Waals surface area contributed by atoms with Gasteiger partial charge in [-0.3, -0.25) is 0 Å². The first-order chi connectivity index (χ1) is 20.3. The van der Waals surface area contributed by atoms with Crippen LogP contribution in [0.25, 0.3) is 0 Å². The normalized spacial score (nSPS) is 26.0. The molecule has 1 unspecified atom stereocenters. The van der Waals surface area contributed by atoms with E-state index in [2.05, 4.69) is 67.1 Å². The van der Waals surface area contributed by atoms with E-state index in [4.69, 9.17) is 0 Å². The van der Waals surface area contributed by atoms with Gasteiger partial charge >= 0.3 is 6.36 Å². The summed E-state index contributed by atoms with van der Waals surface area (Å²) in [4.78, 5) is 8.74. The van der Waals surface area contributed by atoms with E-state index in [-0.39, 0.29) is 23.7 Å². The highest BCUT2D eigenvalue weighted by atomic mass is 19.4. The van der Waals surface area contributed by atoms with E-state index in [1.54, 1.807) is 12.1 Å². The SMILES string of the molecule is N#Cc1cnc(NCc2ccccc2OC(F)(F)F)nc1NC[C@@]12CC3C[C@H](C1)[C@@H](NCCc1ccccc1)[C@@H](C3)C2. The summed E-state index contributed by atoms with van der Waals surface area (Å²) in [5.74, 6) is 2.46. The summed E-state index contributed by atoms with van der Waals surface area (Å²) in [6.45, 7) is 1.76. The Kier molecular flexibility index (Phi) is 7.95. The van der Waals surface area contributed by atoms with Crippen LogP contribution in [0.3, 0.4) is 0 Å². The first-order valence-electron chi connectivity index (χ1n) is 14.6. The smallest absolute Gasteiger partial charge is 0.405 e. The van der Waals surface area contributed by atoms with Crippen LogP contribution in [0.4, 0.5) is 24.9 Å². The third-order valence-corrected chi connectivity index (χ3v) is 9.21. The van der Waals surface area contributed by atoms with Gasteiger partial charge in [-0.1, -0.05) is 48.5 Å². The second-order valence-corrected chi connectivity index (χ2v) is 12.1. The zero-order chi connectivity index (χ0) is 29.2. The number of aromatic nitrogens is 2. The van der Waals surface area contributed by atoms with Gasteiger partial charge in [0.2, 0.25) is 5.95 Å². The van der Waals surface area contributed by atoms with Gasteiger partial charge < -0.3 is 20.7 Å². The molecular weight excluding hydrogens is 541 g/mol. The lowest BCUT2D eigenvalue weighted by molar-refractivity contribution is -0.274. The molecule has 0 radical (unpaired) electrons. The lowest BCUT2D eigenvalue weighted by Gasteiger charge is -2.60. The number of nitriles is 1. The van der Waals surface area contributed by atoms with Gasteiger partial charge in [0.25, 0.3) is 0 Å². The molecule has 7 nitrogen and oxygen atoms in total. The summed E-state index contributed by atoms with van der Waals surface area (Å²) in [6.07, 6.45) is 3.77. The summed E-state index contributed by atoms with van der Waals surface area (Å²) in [7, 11) is 0. The summed E-state index contributed by atoms with van der Waals surface area (Å²) >= 11 is 0. The molecule has 7 rings (SSSR count). The largest absolute Gasteiger partial charge is 0.573 e. The molecule has 0 aliphatic heterocycles. The minimum atomic E-state index is -4.78. The molecule has 4 aliphatic carbocycles. The molecule has 0 amide bonds. The Morgan fingerprint density at radius 2 is 1.71 bits per heavy atom. The third kappa shape index (κ3) is 6.46. The fourth-order valence-electron chi connectivity index (χ4n) is 7.77. The molecule has 1 heterocycles. The van der Waals surface area contributed by atoms with Crippen molar-refractivity contribution in [2.45, 2.75) is 57.5 Å². The van der Waals surface area contributed by atoms with Crippen LogP contribution in [0.1, 0.15) is 48.8 Å². The van der Waals surface area contributed by atoms with Crippen LogP contribution < -0.4 is 20.7 Å². The van der Waals surface area contributed by atoms with Crippen LogP contribution in [0, 0.1) is 34.5 Å². The Labute approximate surface area is 243 Å². The van der Waals surface area contributed by atoms with Crippen LogP contribution in [0.5, 0.6) is 5.75 Å². The molecule has 3 N–H and O–H groups in total. The summed E-state index contributed by atoms with van der Waals surface area (Å²) in [6, 6.07) is 19.3. The van der Waals surface area contributed by atoms with Crippen LogP contribution in [0.2, 0.25) is 0 Å². The number of halogens is 3. The number of ether oxygens (including phenoxy) is 1. The molecule has 0 spiro atoms. The predicted octanol–water partition coefficient (Wildman–Crippen LogP) is 6.30. The van der Waals surface area contributed by atoms with E-state index < -0.39 is 6.36 Å². The van der Waals surface area contributed by atoms with Gasteiger partial charge in [-0.05, 0) is 79.9 Å². The van der Waals surface area contributed by atoms with Crippen molar-refractivity contribution in [1.29, 1.82) is 5.26 Å². The highest BCUT2D eigenvalue weighted by Gasteiger charge is 2.55.